The van der Waals surface area contributed by atoms with Crippen LogP contribution in [0.4, 0.5) is 13.2 Å². The summed E-state index contributed by atoms with van der Waals surface area (Å²) in [4.78, 5) is 38.9. The Kier molecular flexibility index (Phi) is 9.00. The molecular formula is C20H25F3N4O5. The van der Waals surface area contributed by atoms with E-state index >= 15 is 0 Å². The van der Waals surface area contributed by atoms with E-state index in [1.54, 1.807) is 19.2 Å². The number of halogens is 3. The predicted molar refractivity (Wildman–Crippen MR) is 108 cm³/mol. The van der Waals surface area contributed by atoms with Gasteiger partial charge < -0.3 is 25.1 Å². The smallest absolute Gasteiger partial charge is 0.405 e. The largest absolute Gasteiger partial charge is 0.483 e. The number of hydrogen-bond donors (Lipinski definition) is 3. The minimum atomic E-state index is -4.44. The quantitative estimate of drug-likeness (QED) is 0.581. The average molecular weight is 458 g/mol. The van der Waals surface area contributed by atoms with Crippen molar-refractivity contribution in [3.05, 3.63) is 30.2 Å². The summed E-state index contributed by atoms with van der Waals surface area (Å²) in [5, 5.41) is 11.7. The fourth-order valence-electron chi connectivity index (χ4n) is 3.49. The highest BCUT2D eigenvalue weighted by Gasteiger charge is 2.32. The van der Waals surface area contributed by atoms with Crippen molar-refractivity contribution in [3.8, 4) is 0 Å². The number of oxazole rings is 1. The van der Waals surface area contributed by atoms with Crippen molar-refractivity contribution in [1.29, 1.82) is 0 Å². The molecule has 0 saturated carbocycles. The van der Waals surface area contributed by atoms with Crippen LogP contribution in [0, 0.1) is 5.92 Å². The topological polar surface area (TPSA) is 125 Å². The molecule has 1 aliphatic rings. The van der Waals surface area contributed by atoms with Gasteiger partial charge in [-0.25, -0.2) is 4.98 Å². The summed E-state index contributed by atoms with van der Waals surface area (Å²) < 4.78 is 42.5. The molecule has 1 fully saturated rings. The maximum atomic E-state index is 12.4. The van der Waals surface area contributed by atoms with Gasteiger partial charge in [0.15, 0.2) is 5.58 Å². The fourth-order valence-corrected chi connectivity index (χ4v) is 3.49. The number of carbonyl (C=O) groups is 3. The van der Waals surface area contributed by atoms with Gasteiger partial charge in [-0.2, -0.15) is 13.2 Å². The van der Waals surface area contributed by atoms with Crippen molar-refractivity contribution in [2.75, 3.05) is 26.7 Å². The van der Waals surface area contributed by atoms with Crippen molar-refractivity contribution < 1.29 is 37.1 Å². The van der Waals surface area contributed by atoms with Crippen LogP contribution >= 0.6 is 0 Å². The van der Waals surface area contributed by atoms with Crippen LogP contribution in [-0.2, 0) is 20.8 Å². The molecular weight excluding hydrogens is 433 g/mol. The Bertz CT molecular complexity index is 885. The van der Waals surface area contributed by atoms with Crippen LogP contribution in [0.25, 0.3) is 11.1 Å². The number of alkyl halides is 3. The van der Waals surface area contributed by atoms with Gasteiger partial charge in [0.25, 0.3) is 6.47 Å². The molecule has 1 saturated heterocycles. The van der Waals surface area contributed by atoms with Gasteiger partial charge in [0, 0.05) is 19.1 Å². The van der Waals surface area contributed by atoms with E-state index < -0.39 is 24.5 Å². The third kappa shape index (κ3) is 8.17. The molecule has 176 valence electrons. The average Bonchev–Trinajstić information content (AvgIpc) is 3.01. The normalized spacial score (nSPS) is 19.4. The highest BCUT2D eigenvalue weighted by molar-refractivity contribution is 5.80. The second-order valence-electron chi connectivity index (χ2n) is 7.45. The fraction of sp³-hybridized carbons (Fsp3) is 0.500. The summed E-state index contributed by atoms with van der Waals surface area (Å²) >= 11 is 0. The first kappa shape index (κ1) is 25.1. The van der Waals surface area contributed by atoms with Crippen molar-refractivity contribution in [1.82, 2.24) is 20.5 Å². The molecule has 3 rings (SSSR count). The lowest BCUT2D eigenvalue weighted by atomic mass is 10.0. The van der Waals surface area contributed by atoms with Crippen molar-refractivity contribution in [3.63, 3.8) is 0 Å². The monoisotopic (exact) mass is 458 g/mol. The molecule has 0 radical (unpaired) electrons. The maximum absolute atomic E-state index is 12.4. The molecule has 2 aromatic rings. The molecule has 1 aromatic carbocycles. The summed E-state index contributed by atoms with van der Waals surface area (Å²) in [7, 11) is 1.77. The number of likely N-dealkylation sites (tertiary alicyclic amines) is 1. The number of nitrogens with zero attached hydrogens (tertiary/aromatic N) is 2. The number of benzene rings is 1. The summed E-state index contributed by atoms with van der Waals surface area (Å²) in [6.45, 7) is -0.750. The van der Waals surface area contributed by atoms with Crippen molar-refractivity contribution >= 4 is 29.4 Å². The number of hydrogen-bond acceptors (Lipinski definition) is 6. The van der Waals surface area contributed by atoms with Crippen LogP contribution in [-0.4, -0.2) is 72.2 Å². The molecule has 0 bridgehead atoms. The van der Waals surface area contributed by atoms with E-state index in [0.29, 0.717) is 42.9 Å². The van der Waals surface area contributed by atoms with E-state index in [-0.39, 0.29) is 24.8 Å². The number of nitrogens with one attached hydrogen (secondary N) is 2. The Morgan fingerprint density at radius 3 is 2.62 bits per heavy atom. The molecule has 32 heavy (non-hydrogen) atoms. The summed E-state index contributed by atoms with van der Waals surface area (Å²) in [5.74, 6) is -1.11. The zero-order chi connectivity index (χ0) is 23.7. The molecule has 2 atom stereocenters. The zero-order valence-electron chi connectivity index (χ0n) is 17.4. The molecule has 0 unspecified atom stereocenters. The zero-order valence-corrected chi connectivity index (χ0v) is 17.4. The Morgan fingerprint density at radius 2 is 1.97 bits per heavy atom. The van der Waals surface area contributed by atoms with Crippen LogP contribution < -0.4 is 10.6 Å². The molecule has 3 N–H and O–H groups in total. The van der Waals surface area contributed by atoms with Gasteiger partial charge in [-0.05, 0) is 32.0 Å². The second kappa shape index (κ2) is 11.5. The lowest BCUT2D eigenvalue weighted by Gasteiger charge is -2.21. The first-order chi connectivity index (χ1) is 15.1. The number of fused-ring (bicyclic) bond motifs is 1. The van der Waals surface area contributed by atoms with Gasteiger partial charge >= 0.3 is 6.18 Å². The van der Waals surface area contributed by atoms with E-state index in [4.69, 9.17) is 14.3 Å². The first-order valence-electron chi connectivity index (χ1n) is 9.86. The Morgan fingerprint density at radius 1 is 1.28 bits per heavy atom. The van der Waals surface area contributed by atoms with E-state index in [9.17, 15) is 22.8 Å². The number of carboxylic acid groups (broad SMARTS) is 1. The van der Waals surface area contributed by atoms with Gasteiger partial charge in [0.1, 0.15) is 18.5 Å². The minimum Gasteiger partial charge on any atom is -0.483 e. The third-order valence-corrected chi connectivity index (χ3v) is 4.78. The molecule has 2 amide bonds. The molecule has 2 heterocycles. The third-order valence-electron chi connectivity index (χ3n) is 4.78. The molecule has 0 spiro atoms. The maximum Gasteiger partial charge on any atom is 0.405 e. The number of likely N-dealkylation sites (N-methyl/N-ethyl adjacent to an activating group) is 1. The summed E-state index contributed by atoms with van der Waals surface area (Å²) in [6.07, 6.45) is -3.56. The van der Waals surface area contributed by atoms with E-state index in [1.807, 2.05) is 22.3 Å². The molecule has 9 nitrogen and oxygen atoms in total. The van der Waals surface area contributed by atoms with Crippen LogP contribution in [0.1, 0.15) is 18.7 Å². The number of carbonyl (C=O) groups excluding carboxylic acids is 2. The molecule has 1 aliphatic heterocycles. The van der Waals surface area contributed by atoms with Gasteiger partial charge in [0.05, 0.1) is 5.92 Å². The van der Waals surface area contributed by atoms with Gasteiger partial charge in [-0.3, -0.25) is 14.4 Å². The number of para-hydroxylation sites is 2. The van der Waals surface area contributed by atoms with E-state index in [2.05, 4.69) is 10.3 Å². The Balaban J connectivity index is 0.00000114. The van der Waals surface area contributed by atoms with Crippen LogP contribution in [0.15, 0.2) is 28.7 Å². The molecule has 0 aliphatic carbocycles. The van der Waals surface area contributed by atoms with Crippen LogP contribution in [0.5, 0.6) is 0 Å². The Labute approximate surface area is 182 Å². The highest BCUT2D eigenvalue weighted by atomic mass is 19.4. The highest BCUT2D eigenvalue weighted by Crippen LogP contribution is 2.19. The standard InChI is InChI=1S/C19H23F3N4O3.CH2O2/c1-26-9-12(18(28)23-11-19(20,21)22)6-7-13(10-26)24-16(27)8-17-25-14-4-2-3-5-15(14)29-17;2-1-3/h2-5,12-13H,6-11H2,1H3,(H,23,28)(H,24,27);1H,(H,2,3)/t12-,13+;/m1./s1. The number of aromatic nitrogens is 1. The van der Waals surface area contributed by atoms with E-state index in [1.165, 1.54) is 0 Å². The molecule has 1 aromatic heterocycles. The van der Waals surface area contributed by atoms with Crippen LogP contribution in [0.2, 0.25) is 0 Å². The number of amides is 2. The summed E-state index contributed by atoms with van der Waals surface area (Å²) in [5.41, 5.74) is 1.29. The minimum absolute atomic E-state index is 0.00953. The summed E-state index contributed by atoms with van der Waals surface area (Å²) in [6, 6.07) is 7.01. The van der Waals surface area contributed by atoms with Crippen molar-refractivity contribution in [2.24, 2.45) is 5.92 Å². The van der Waals surface area contributed by atoms with Crippen LogP contribution in [0.3, 0.4) is 0 Å². The molecule has 12 heteroatoms. The number of rotatable bonds is 5. The van der Waals surface area contributed by atoms with Gasteiger partial charge in [-0.15, -0.1) is 0 Å². The second-order valence-corrected chi connectivity index (χ2v) is 7.45. The predicted octanol–water partition coefficient (Wildman–Crippen LogP) is 1.58. The SMILES string of the molecule is CN1C[C@@H](NC(=O)Cc2nc3ccccc3o2)CC[C@@H](C(=O)NCC(F)(F)F)C1.O=CO. The Hall–Kier alpha value is -3.15. The van der Waals surface area contributed by atoms with Gasteiger partial charge in [-0.1, -0.05) is 12.1 Å². The van der Waals surface area contributed by atoms with Crippen molar-refractivity contribution in [2.45, 2.75) is 31.5 Å². The lowest BCUT2D eigenvalue weighted by molar-refractivity contribution is -0.141. The van der Waals surface area contributed by atoms with E-state index in [0.717, 1.165) is 0 Å². The lowest BCUT2D eigenvalue weighted by Crippen LogP contribution is -2.43. The van der Waals surface area contributed by atoms with Gasteiger partial charge in [0.2, 0.25) is 17.7 Å². The first-order valence-corrected chi connectivity index (χ1v) is 9.86.